The molecular weight excluding hydrogens is 473 g/mol. The van der Waals surface area contributed by atoms with E-state index < -0.39 is 0 Å². The maximum absolute atomic E-state index is 13.2. The summed E-state index contributed by atoms with van der Waals surface area (Å²) in [5.41, 5.74) is 1.47. The van der Waals surface area contributed by atoms with Crippen molar-refractivity contribution < 1.29 is 23.4 Å². The lowest BCUT2D eigenvalue weighted by molar-refractivity contribution is -0.128. The molecule has 5 rings (SSSR count). The van der Waals surface area contributed by atoms with Crippen LogP contribution in [-0.2, 0) is 4.79 Å². The minimum atomic E-state index is -0.322. The third-order valence-corrected chi connectivity index (χ3v) is 6.32. The van der Waals surface area contributed by atoms with Gasteiger partial charge in [-0.25, -0.2) is 9.37 Å². The zero-order chi connectivity index (χ0) is 25.6. The maximum atomic E-state index is 13.2. The third-order valence-electron chi connectivity index (χ3n) is 6.32. The monoisotopic (exact) mass is 501 g/mol. The maximum Gasteiger partial charge on any atom is 0.255 e. The van der Waals surface area contributed by atoms with Crippen molar-refractivity contribution in [1.82, 2.24) is 9.88 Å². The second-order valence-corrected chi connectivity index (χ2v) is 8.83. The Morgan fingerprint density at radius 3 is 2.32 bits per heavy atom. The number of rotatable bonds is 7. The van der Waals surface area contributed by atoms with Gasteiger partial charge in [-0.1, -0.05) is 12.2 Å². The van der Waals surface area contributed by atoms with E-state index in [1.54, 1.807) is 31.5 Å². The zero-order valence-electron chi connectivity index (χ0n) is 20.5. The van der Waals surface area contributed by atoms with Gasteiger partial charge in [0.05, 0.1) is 24.6 Å². The summed E-state index contributed by atoms with van der Waals surface area (Å²) in [7, 11) is 1.64. The first-order chi connectivity index (χ1) is 18.1. The molecule has 8 heteroatoms. The molecule has 0 bridgehead atoms. The van der Waals surface area contributed by atoms with Gasteiger partial charge in [-0.2, -0.15) is 0 Å². The highest BCUT2D eigenvalue weighted by atomic mass is 19.1. The number of pyridine rings is 1. The lowest BCUT2D eigenvalue weighted by Gasteiger charge is -2.33. The van der Waals surface area contributed by atoms with Crippen molar-refractivity contribution in [1.29, 1.82) is 0 Å². The fourth-order valence-electron chi connectivity index (χ4n) is 4.30. The smallest absolute Gasteiger partial charge is 0.255 e. The highest BCUT2D eigenvalue weighted by molar-refractivity contribution is 5.97. The second kappa shape index (κ2) is 11.2. The highest BCUT2D eigenvalue weighted by Gasteiger charge is 2.26. The number of benzene rings is 2. The second-order valence-electron chi connectivity index (χ2n) is 8.83. The number of anilines is 1. The summed E-state index contributed by atoms with van der Waals surface area (Å²) in [5, 5.41) is 0. The Kier molecular flexibility index (Phi) is 7.35. The van der Waals surface area contributed by atoms with Crippen LogP contribution in [0.4, 0.5) is 10.1 Å². The summed E-state index contributed by atoms with van der Waals surface area (Å²) in [4.78, 5) is 21.4. The van der Waals surface area contributed by atoms with Crippen LogP contribution in [0.5, 0.6) is 23.1 Å². The van der Waals surface area contributed by atoms with Gasteiger partial charge >= 0.3 is 0 Å². The van der Waals surface area contributed by atoms with Crippen LogP contribution in [-0.4, -0.2) is 48.6 Å². The summed E-state index contributed by atoms with van der Waals surface area (Å²) in [6.07, 6.45) is 9.02. The van der Waals surface area contributed by atoms with Crippen molar-refractivity contribution in [3.8, 4) is 23.1 Å². The number of nitrogens with zero attached hydrogens (tertiary/aromatic N) is 3. The lowest BCUT2D eigenvalue weighted by atomic mass is 10.1. The van der Waals surface area contributed by atoms with Gasteiger partial charge in [0.15, 0.2) is 0 Å². The Morgan fingerprint density at radius 2 is 1.65 bits per heavy atom. The van der Waals surface area contributed by atoms with Gasteiger partial charge in [0, 0.05) is 44.7 Å². The molecule has 0 radical (unpaired) electrons. The molecule has 3 aromatic rings. The van der Waals surface area contributed by atoms with Crippen molar-refractivity contribution in [2.45, 2.75) is 18.9 Å². The number of hydrogen-bond acceptors (Lipinski definition) is 6. The number of ether oxygens (including phenoxy) is 3. The summed E-state index contributed by atoms with van der Waals surface area (Å²) in [5.74, 6) is 2.20. The number of carbonyl (C=O) groups excluding carboxylic acids is 1. The van der Waals surface area contributed by atoms with Gasteiger partial charge in [-0.15, -0.1) is 0 Å². The van der Waals surface area contributed by atoms with E-state index in [4.69, 9.17) is 14.2 Å². The molecule has 0 unspecified atom stereocenters. The predicted octanol–water partition coefficient (Wildman–Crippen LogP) is 5.35. The molecule has 0 N–H and O–H groups in total. The number of likely N-dealkylation sites (tertiary alicyclic amines) is 1. The number of amides is 1. The molecule has 1 amide bonds. The van der Waals surface area contributed by atoms with E-state index in [1.165, 1.54) is 12.1 Å². The molecule has 3 heterocycles. The zero-order valence-corrected chi connectivity index (χ0v) is 20.5. The molecule has 1 saturated heterocycles. The van der Waals surface area contributed by atoms with Gasteiger partial charge < -0.3 is 24.0 Å². The van der Waals surface area contributed by atoms with Crippen LogP contribution in [0.25, 0.3) is 0 Å². The number of carbonyl (C=O) groups is 1. The van der Waals surface area contributed by atoms with Crippen LogP contribution in [0, 0.1) is 5.82 Å². The first kappa shape index (κ1) is 24.4. The van der Waals surface area contributed by atoms with Crippen molar-refractivity contribution in [2.75, 3.05) is 31.6 Å². The Balaban J connectivity index is 1.16. The largest absolute Gasteiger partial charge is 0.497 e. The van der Waals surface area contributed by atoms with Crippen LogP contribution < -0.4 is 19.1 Å². The number of aromatic nitrogens is 1. The molecule has 2 aliphatic heterocycles. The molecule has 7 nitrogen and oxygen atoms in total. The van der Waals surface area contributed by atoms with Crippen LogP contribution in [0.1, 0.15) is 12.8 Å². The molecule has 0 spiro atoms. The topological polar surface area (TPSA) is 64.1 Å². The van der Waals surface area contributed by atoms with E-state index in [1.807, 2.05) is 58.5 Å². The molecule has 1 fully saturated rings. The number of piperidine rings is 1. The van der Waals surface area contributed by atoms with Crippen molar-refractivity contribution in [3.05, 3.63) is 96.6 Å². The molecule has 190 valence electrons. The molecule has 0 aliphatic carbocycles. The van der Waals surface area contributed by atoms with E-state index in [0.29, 0.717) is 36.8 Å². The van der Waals surface area contributed by atoms with Crippen LogP contribution in [0.3, 0.4) is 0 Å². The van der Waals surface area contributed by atoms with E-state index in [0.717, 1.165) is 30.0 Å². The van der Waals surface area contributed by atoms with Crippen molar-refractivity contribution in [3.63, 3.8) is 0 Å². The minimum absolute atomic E-state index is 0.00747. The average Bonchev–Trinajstić information content (AvgIpc) is 2.95. The molecule has 0 saturated carbocycles. The summed E-state index contributed by atoms with van der Waals surface area (Å²) in [6, 6.07) is 17.0. The fourth-order valence-corrected chi connectivity index (χ4v) is 4.30. The number of hydrogen-bond donors (Lipinski definition) is 0. The van der Waals surface area contributed by atoms with Gasteiger partial charge in [-0.05, 0) is 54.6 Å². The molecule has 37 heavy (non-hydrogen) atoms. The van der Waals surface area contributed by atoms with Crippen molar-refractivity contribution in [2.24, 2.45) is 0 Å². The Labute approximate surface area is 215 Å². The van der Waals surface area contributed by atoms with E-state index in [9.17, 15) is 9.18 Å². The Bertz CT molecular complexity index is 1270. The predicted molar refractivity (Wildman–Crippen MR) is 139 cm³/mol. The van der Waals surface area contributed by atoms with E-state index in [2.05, 4.69) is 4.98 Å². The average molecular weight is 502 g/mol. The van der Waals surface area contributed by atoms with E-state index >= 15 is 0 Å². The molecule has 0 atom stereocenters. The minimum Gasteiger partial charge on any atom is -0.497 e. The van der Waals surface area contributed by atoms with Gasteiger partial charge in [-0.3, -0.25) is 4.79 Å². The highest BCUT2D eigenvalue weighted by Crippen LogP contribution is 2.26. The SMILES string of the molecule is COc1ccc(OC2CCN(C(=O)C3=CN(c4ccc(Oc5ccc(F)cc5)nc4)CC=C3)CC2)cc1. The fraction of sp³-hybridized carbons (Fsp3) is 0.241. The Morgan fingerprint density at radius 1 is 0.946 bits per heavy atom. The molecular formula is C29H28FN3O4. The first-order valence-corrected chi connectivity index (χ1v) is 12.2. The summed E-state index contributed by atoms with van der Waals surface area (Å²) < 4.78 is 30.0. The first-order valence-electron chi connectivity index (χ1n) is 12.2. The van der Waals surface area contributed by atoms with Gasteiger partial charge in [0.25, 0.3) is 5.91 Å². The third kappa shape index (κ3) is 6.09. The van der Waals surface area contributed by atoms with Crippen LogP contribution >= 0.6 is 0 Å². The van der Waals surface area contributed by atoms with Gasteiger partial charge in [0.2, 0.25) is 5.88 Å². The number of methoxy groups -OCH3 is 1. The number of halogens is 1. The quantitative estimate of drug-likeness (QED) is 0.435. The molecule has 2 aromatic carbocycles. The van der Waals surface area contributed by atoms with E-state index in [-0.39, 0.29) is 17.8 Å². The van der Waals surface area contributed by atoms with Crippen LogP contribution in [0.15, 0.2) is 90.8 Å². The summed E-state index contributed by atoms with van der Waals surface area (Å²) >= 11 is 0. The van der Waals surface area contributed by atoms with Gasteiger partial charge in [0.1, 0.15) is 29.2 Å². The standard InChI is InChI=1S/C29H28FN3O4/c1-35-24-9-11-25(12-10-24)36-27-14-17-32(18-15-27)29(34)21-3-2-16-33(20-21)23-6-13-28(31-19-23)37-26-7-4-22(30)5-8-26/h2-13,19-20,27H,14-18H2,1H3. The lowest BCUT2D eigenvalue weighted by Crippen LogP contribution is -2.42. The molecule has 2 aliphatic rings. The summed E-state index contributed by atoms with van der Waals surface area (Å²) in [6.45, 7) is 1.91. The van der Waals surface area contributed by atoms with Crippen molar-refractivity contribution >= 4 is 11.6 Å². The Hall–Kier alpha value is -4.33. The molecule has 1 aromatic heterocycles. The van der Waals surface area contributed by atoms with Crippen LogP contribution in [0.2, 0.25) is 0 Å². The normalized spacial score (nSPS) is 15.8.